The molecule has 0 fully saturated rings. The molecular formula is C14H15F3N2OS. The Bertz CT molecular complexity index is 664. The summed E-state index contributed by atoms with van der Waals surface area (Å²) in [6.07, 6.45) is -4.44. The number of nitrogens with zero attached hydrogens (tertiary/aromatic N) is 1. The van der Waals surface area contributed by atoms with Crippen molar-refractivity contribution in [3.63, 3.8) is 0 Å². The molecule has 1 amide bonds. The molecule has 0 spiro atoms. The standard InChI is InChI=1S/C14H15F3N2OS/c1-8(2)19(7-14(15,16)17)13(20)12-11(18)9-5-3-4-6-10(9)21-12/h3-6,8H,7,18H2,1-2H3. The molecule has 114 valence electrons. The molecule has 0 aliphatic carbocycles. The third kappa shape index (κ3) is 3.29. The largest absolute Gasteiger partial charge is 0.406 e. The number of alkyl halides is 3. The van der Waals surface area contributed by atoms with Crippen molar-refractivity contribution in [2.45, 2.75) is 26.1 Å². The molecule has 1 aromatic carbocycles. The fourth-order valence-corrected chi connectivity index (χ4v) is 3.12. The van der Waals surface area contributed by atoms with Gasteiger partial charge in [-0.05, 0) is 19.9 Å². The van der Waals surface area contributed by atoms with Crippen LogP contribution in [0.25, 0.3) is 10.1 Å². The summed E-state index contributed by atoms with van der Waals surface area (Å²) in [6, 6.07) is 6.54. The van der Waals surface area contributed by atoms with Crippen LogP contribution >= 0.6 is 11.3 Å². The Labute approximate surface area is 124 Å². The molecule has 0 aliphatic rings. The second-order valence-corrected chi connectivity index (χ2v) is 6.04. The zero-order valence-corrected chi connectivity index (χ0v) is 12.4. The summed E-state index contributed by atoms with van der Waals surface area (Å²) in [5.74, 6) is -0.680. The number of rotatable bonds is 3. The van der Waals surface area contributed by atoms with E-state index in [1.807, 2.05) is 0 Å². The van der Waals surface area contributed by atoms with Crippen molar-refractivity contribution in [2.24, 2.45) is 0 Å². The molecule has 0 radical (unpaired) electrons. The minimum absolute atomic E-state index is 0.161. The first-order chi connectivity index (χ1) is 9.70. The van der Waals surface area contributed by atoms with E-state index in [1.165, 1.54) is 0 Å². The van der Waals surface area contributed by atoms with Crippen LogP contribution in [0.15, 0.2) is 24.3 Å². The third-order valence-corrected chi connectivity index (χ3v) is 4.24. The topological polar surface area (TPSA) is 46.3 Å². The van der Waals surface area contributed by atoms with Gasteiger partial charge in [0.1, 0.15) is 11.4 Å². The van der Waals surface area contributed by atoms with Crippen LogP contribution in [0.2, 0.25) is 0 Å². The van der Waals surface area contributed by atoms with E-state index in [-0.39, 0.29) is 10.6 Å². The summed E-state index contributed by atoms with van der Waals surface area (Å²) in [4.78, 5) is 13.4. The van der Waals surface area contributed by atoms with E-state index in [4.69, 9.17) is 5.73 Å². The van der Waals surface area contributed by atoms with Crippen LogP contribution in [0.4, 0.5) is 18.9 Å². The molecule has 0 unspecified atom stereocenters. The molecule has 7 heteroatoms. The average molecular weight is 316 g/mol. The monoisotopic (exact) mass is 316 g/mol. The van der Waals surface area contributed by atoms with Gasteiger partial charge >= 0.3 is 6.18 Å². The lowest BCUT2D eigenvalue weighted by Crippen LogP contribution is -2.43. The molecule has 1 heterocycles. The number of carbonyl (C=O) groups is 1. The van der Waals surface area contributed by atoms with Gasteiger partial charge in [0.05, 0.1) is 5.69 Å². The SMILES string of the molecule is CC(C)N(CC(F)(F)F)C(=O)c1sc2ccccc2c1N. The number of fused-ring (bicyclic) bond motifs is 1. The van der Waals surface area contributed by atoms with Gasteiger partial charge in [-0.2, -0.15) is 13.2 Å². The zero-order valence-electron chi connectivity index (χ0n) is 11.6. The van der Waals surface area contributed by atoms with Crippen LogP contribution in [0.1, 0.15) is 23.5 Å². The second kappa shape index (κ2) is 5.55. The van der Waals surface area contributed by atoms with Crippen LogP contribution in [0.3, 0.4) is 0 Å². The Morgan fingerprint density at radius 1 is 1.33 bits per heavy atom. The first kappa shape index (κ1) is 15.6. The van der Waals surface area contributed by atoms with Crippen LogP contribution in [-0.2, 0) is 0 Å². The predicted octanol–water partition coefficient (Wildman–Crippen LogP) is 3.90. The van der Waals surface area contributed by atoms with Gasteiger partial charge in [0.2, 0.25) is 0 Å². The van der Waals surface area contributed by atoms with E-state index in [0.717, 1.165) is 20.9 Å². The molecule has 0 atom stereocenters. The van der Waals surface area contributed by atoms with E-state index >= 15 is 0 Å². The molecule has 0 bridgehead atoms. The van der Waals surface area contributed by atoms with Crippen LogP contribution < -0.4 is 5.73 Å². The maximum Gasteiger partial charge on any atom is 0.406 e. The number of carbonyl (C=O) groups excluding carboxylic acids is 1. The van der Waals surface area contributed by atoms with Gasteiger partial charge in [0, 0.05) is 16.1 Å². The molecule has 1 aromatic heterocycles. The lowest BCUT2D eigenvalue weighted by atomic mass is 10.2. The lowest BCUT2D eigenvalue weighted by Gasteiger charge is -2.27. The van der Waals surface area contributed by atoms with Gasteiger partial charge in [0.25, 0.3) is 5.91 Å². The van der Waals surface area contributed by atoms with Crippen molar-refractivity contribution in [3.05, 3.63) is 29.1 Å². The van der Waals surface area contributed by atoms with Crippen molar-refractivity contribution in [1.82, 2.24) is 4.90 Å². The number of halogens is 3. The van der Waals surface area contributed by atoms with Crippen molar-refractivity contribution in [2.75, 3.05) is 12.3 Å². The number of anilines is 1. The summed E-state index contributed by atoms with van der Waals surface area (Å²) >= 11 is 1.12. The van der Waals surface area contributed by atoms with Crippen molar-refractivity contribution in [3.8, 4) is 0 Å². The van der Waals surface area contributed by atoms with Gasteiger partial charge in [-0.25, -0.2) is 0 Å². The predicted molar refractivity (Wildman–Crippen MR) is 78.5 cm³/mol. The second-order valence-electron chi connectivity index (χ2n) is 4.98. The zero-order chi connectivity index (χ0) is 15.8. The summed E-state index contributed by atoms with van der Waals surface area (Å²) in [5, 5.41) is 0.696. The average Bonchev–Trinajstić information content (AvgIpc) is 2.72. The molecular weight excluding hydrogens is 301 g/mol. The molecule has 0 saturated heterocycles. The van der Waals surface area contributed by atoms with Gasteiger partial charge in [-0.3, -0.25) is 4.79 Å². The van der Waals surface area contributed by atoms with Crippen LogP contribution in [0, 0.1) is 0 Å². The minimum atomic E-state index is -4.44. The van der Waals surface area contributed by atoms with E-state index < -0.39 is 24.7 Å². The molecule has 2 N–H and O–H groups in total. The van der Waals surface area contributed by atoms with E-state index in [0.29, 0.717) is 5.39 Å². The summed E-state index contributed by atoms with van der Waals surface area (Å²) in [5.41, 5.74) is 6.17. The number of hydrogen-bond acceptors (Lipinski definition) is 3. The van der Waals surface area contributed by atoms with Gasteiger partial charge < -0.3 is 10.6 Å². The maximum atomic E-state index is 12.6. The van der Waals surface area contributed by atoms with Crippen LogP contribution in [-0.4, -0.2) is 29.6 Å². The van der Waals surface area contributed by atoms with Crippen LogP contribution in [0.5, 0.6) is 0 Å². The molecule has 2 aromatic rings. The van der Waals surface area contributed by atoms with Gasteiger partial charge in [-0.1, -0.05) is 18.2 Å². The number of hydrogen-bond donors (Lipinski definition) is 1. The normalized spacial score (nSPS) is 12.1. The Kier molecular flexibility index (Phi) is 4.13. The Hall–Kier alpha value is -1.76. The molecule has 0 aliphatic heterocycles. The number of thiophene rings is 1. The Balaban J connectivity index is 2.41. The minimum Gasteiger partial charge on any atom is -0.397 e. The fraction of sp³-hybridized carbons (Fsp3) is 0.357. The number of benzene rings is 1. The summed E-state index contributed by atoms with van der Waals surface area (Å²) < 4.78 is 38.7. The van der Waals surface area contributed by atoms with E-state index in [9.17, 15) is 18.0 Å². The van der Waals surface area contributed by atoms with Crippen molar-refractivity contribution < 1.29 is 18.0 Å². The highest BCUT2D eigenvalue weighted by molar-refractivity contribution is 7.21. The first-order valence-corrected chi connectivity index (χ1v) is 7.17. The van der Waals surface area contributed by atoms with Gasteiger partial charge in [-0.15, -0.1) is 11.3 Å². The Morgan fingerprint density at radius 3 is 2.48 bits per heavy atom. The summed E-state index contributed by atoms with van der Waals surface area (Å²) in [7, 11) is 0. The Morgan fingerprint density at radius 2 is 1.95 bits per heavy atom. The highest BCUT2D eigenvalue weighted by Crippen LogP contribution is 2.35. The van der Waals surface area contributed by atoms with Crippen molar-refractivity contribution >= 4 is 33.0 Å². The summed E-state index contributed by atoms with van der Waals surface area (Å²) in [6.45, 7) is 1.82. The number of amides is 1. The maximum absolute atomic E-state index is 12.6. The molecule has 21 heavy (non-hydrogen) atoms. The van der Waals surface area contributed by atoms with Gasteiger partial charge in [0.15, 0.2) is 0 Å². The molecule has 0 saturated carbocycles. The highest BCUT2D eigenvalue weighted by atomic mass is 32.1. The highest BCUT2D eigenvalue weighted by Gasteiger charge is 2.35. The quantitative estimate of drug-likeness (QED) is 0.933. The first-order valence-electron chi connectivity index (χ1n) is 6.35. The number of nitrogen functional groups attached to an aromatic ring is 1. The van der Waals surface area contributed by atoms with Crippen molar-refractivity contribution in [1.29, 1.82) is 0 Å². The molecule has 3 nitrogen and oxygen atoms in total. The van der Waals surface area contributed by atoms with E-state index in [1.54, 1.807) is 38.1 Å². The fourth-order valence-electron chi connectivity index (χ4n) is 2.04. The molecule has 2 rings (SSSR count). The third-order valence-electron chi connectivity index (χ3n) is 3.06. The smallest absolute Gasteiger partial charge is 0.397 e. The van der Waals surface area contributed by atoms with E-state index in [2.05, 4.69) is 0 Å². The number of nitrogens with two attached hydrogens (primary N) is 1. The lowest BCUT2D eigenvalue weighted by molar-refractivity contribution is -0.143.